The summed E-state index contributed by atoms with van der Waals surface area (Å²) in [6.07, 6.45) is 3.12. The van der Waals surface area contributed by atoms with Crippen LogP contribution in [0.2, 0.25) is 0 Å². The molecule has 0 aliphatic rings. The van der Waals surface area contributed by atoms with E-state index in [9.17, 15) is 9.18 Å². The second-order valence-corrected chi connectivity index (χ2v) is 6.02. The molecule has 0 radical (unpaired) electrons. The molecule has 0 saturated carbocycles. The van der Waals surface area contributed by atoms with Crippen LogP contribution < -0.4 is 5.32 Å². The van der Waals surface area contributed by atoms with Crippen LogP contribution in [0.1, 0.15) is 18.7 Å². The number of aromatic nitrogens is 1. The van der Waals surface area contributed by atoms with E-state index in [2.05, 4.69) is 10.3 Å². The van der Waals surface area contributed by atoms with Gasteiger partial charge in [0.2, 0.25) is 5.91 Å². The van der Waals surface area contributed by atoms with Crippen molar-refractivity contribution in [2.45, 2.75) is 18.2 Å². The normalized spacial score (nSPS) is 12.1. The molecule has 3 aromatic rings. The summed E-state index contributed by atoms with van der Waals surface area (Å²) in [5.41, 5.74) is 0.728. The van der Waals surface area contributed by atoms with Gasteiger partial charge in [-0.15, -0.1) is 0 Å². The van der Waals surface area contributed by atoms with Crippen molar-refractivity contribution < 1.29 is 18.0 Å². The number of hydrogen-bond donors (Lipinski definition) is 1. The minimum absolute atomic E-state index is 0.148. The SMILES string of the molecule is C[C@H](NC(=O)CSc1ncc(-c2ccc(F)cc2)o1)c1ccco1. The summed E-state index contributed by atoms with van der Waals surface area (Å²) < 4.78 is 23.7. The Bertz CT molecular complexity index is 800. The van der Waals surface area contributed by atoms with E-state index in [1.54, 1.807) is 36.7 Å². The summed E-state index contributed by atoms with van der Waals surface area (Å²) in [6.45, 7) is 1.85. The Morgan fingerprint density at radius 1 is 1.33 bits per heavy atom. The Balaban J connectivity index is 1.53. The molecule has 1 amide bonds. The Hall–Kier alpha value is -2.54. The first-order valence-electron chi connectivity index (χ1n) is 7.29. The summed E-state index contributed by atoms with van der Waals surface area (Å²) in [5, 5.41) is 3.22. The Morgan fingerprint density at radius 2 is 2.12 bits per heavy atom. The predicted molar refractivity (Wildman–Crippen MR) is 87.9 cm³/mol. The van der Waals surface area contributed by atoms with Gasteiger partial charge in [0.1, 0.15) is 11.6 Å². The number of oxazole rings is 1. The summed E-state index contributed by atoms with van der Waals surface area (Å²) >= 11 is 1.19. The maximum absolute atomic E-state index is 12.9. The second kappa shape index (κ2) is 7.35. The van der Waals surface area contributed by atoms with Crippen LogP contribution in [-0.2, 0) is 4.79 Å². The van der Waals surface area contributed by atoms with Crippen LogP contribution in [0.3, 0.4) is 0 Å². The molecular formula is C17H15FN2O3S. The maximum Gasteiger partial charge on any atom is 0.256 e. The minimum Gasteiger partial charge on any atom is -0.467 e. The molecule has 0 aliphatic carbocycles. The zero-order chi connectivity index (χ0) is 16.9. The molecule has 3 rings (SSSR count). The van der Waals surface area contributed by atoms with Gasteiger partial charge in [-0.3, -0.25) is 4.79 Å². The van der Waals surface area contributed by atoms with E-state index in [1.165, 1.54) is 23.9 Å². The van der Waals surface area contributed by atoms with Crippen molar-refractivity contribution in [3.8, 4) is 11.3 Å². The van der Waals surface area contributed by atoms with Gasteiger partial charge < -0.3 is 14.2 Å². The van der Waals surface area contributed by atoms with Gasteiger partial charge >= 0.3 is 0 Å². The molecular weight excluding hydrogens is 331 g/mol. The third-order valence-corrected chi connectivity index (χ3v) is 4.13. The van der Waals surface area contributed by atoms with Crippen LogP contribution in [0, 0.1) is 5.82 Å². The first-order valence-corrected chi connectivity index (χ1v) is 8.28. The van der Waals surface area contributed by atoms with Gasteiger partial charge in [0, 0.05) is 5.56 Å². The lowest BCUT2D eigenvalue weighted by Gasteiger charge is -2.10. The lowest BCUT2D eigenvalue weighted by molar-refractivity contribution is -0.119. The molecule has 124 valence electrons. The largest absolute Gasteiger partial charge is 0.467 e. The van der Waals surface area contributed by atoms with E-state index >= 15 is 0 Å². The lowest BCUT2D eigenvalue weighted by Crippen LogP contribution is -2.27. The molecule has 0 saturated heterocycles. The number of halogens is 1. The molecule has 0 bridgehead atoms. The number of furan rings is 1. The fourth-order valence-electron chi connectivity index (χ4n) is 2.09. The first kappa shape index (κ1) is 16.3. The van der Waals surface area contributed by atoms with E-state index in [0.29, 0.717) is 16.7 Å². The number of carbonyl (C=O) groups excluding carboxylic acids is 1. The predicted octanol–water partition coefficient (Wildman–Crippen LogP) is 4.04. The highest BCUT2D eigenvalue weighted by Gasteiger charge is 2.14. The zero-order valence-electron chi connectivity index (χ0n) is 12.9. The van der Waals surface area contributed by atoms with Crippen LogP contribution in [0.15, 0.2) is 62.9 Å². The third kappa shape index (κ3) is 4.05. The number of hydrogen-bond acceptors (Lipinski definition) is 5. The second-order valence-electron chi connectivity index (χ2n) is 5.09. The molecule has 0 spiro atoms. The molecule has 2 heterocycles. The number of benzene rings is 1. The van der Waals surface area contributed by atoms with Gasteiger partial charge in [0.25, 0.3) is 5.22 Å². The van der Waals surface area contributed by atoms with Gasteiger partial charge in [-0.2, -0.15) is 0 Å². The van der Waals surface area contributed by atoms with Crippen LogP contribution >= 0.6 is 11.8 Å². The molecule has 1 atom stereocenters. The lowest BCUT2D eigenvalue weighted by atomic mass is 10.2. The Morgan fingerprint density at radius 3 is 2.83 bits per heavy atom. The highest BCUT2D eigenvalue weighted by molar-refractivity contribution is 7.99. The number of thioether (sulfide) groups is 1. The molecule has 1 N–H and O–H groups in total. The van der Waals surface area contributed by atoms with Gasteiger partial charge in [0.05, 0.1) is 24.3 Å². The smallest absolute Gasteiger partial charge is 0.256 e. The topological polar surface area (TPSA) is 68.3 Å². The summed E-state index contributed by atoms with van der Waals surface area (Å²) in [6, 6.07) is 9.32. The fourth-order valence-corrected chi connectivity index (χ4v) is 2.71. The number of carbonyl (C=O) groups is 1. The summed E-state index contributed by atoms with van der Waals surface area (Å²) in [7, 11) is 0. The maximum atomic E-state index is 12.9. The highest BCUT2D eigenvalue weighted by atomic mass is 32.2. The molecule has 0 fully saturated rings. The molecule has 2 aromatic heterocycles. The number of nitrogens with zero attached hydrogens (tertiary/aromatic N) is 1. The van der Waals surface area contributed by atoms with Gasteiger partial charge in [-0.05, 0) is 43.3 Å². The van der Waals surface area contributed by atoms with Crippen molar-refractivity contribution in [2.75, 3.05) is 5.75 Å². The summed E-state index contributed by atoms with van der Waals surface area (Å²) in [5.74, 6) is 0.944. The van der Waals surface area contributed by atoms with Crippen molar-refractivity contribution in [1.82, 2.24) is 10.3 Å². The van der Waals surface area contributed by atoms with Crippen molar-refractivity contribution in [3.05, 3.63) is 60.4 Å². The van der Waals surface area contributed by atoms with Gasteiger partial charge in [-0.25, -0.2) is 9.37 Å². The van der Waals surface area contributed by atoms with Crippen molar-refractivity contribution >= 4 is 17.7 Å². The average Bonchev–Trinajstić information content (AvgIpc) is 3.25. The average molecular weight is 346 g/mol. The molecule has 0 unspecified atom stereocenters. The molecule has 1 aromatic carbocycles. The van der Waals surface area contributed by atoms with Crippen molar-refractivity contribution in [1.29, 1.82) is 0 Å². The Labute approximate surface area is 142 Å². The summed E-state index contributed by atoms with van der Waals surface area (Å²) in [4.78, 5) is 16.1. The highest BCUT2D eigenvalue weighted by Crippen LogP contribution is 2.25. The number of amides is 1. The minimum atomic E-state index is -0.310. The fraction of sp³-hybridized carbons (Fsp3) is 0.176. The van der Waals surface area contributed by atoms with Gasteiger partial charge in [0.15, 0.2) is 5.76 Å². The van der Waals surface area contributed by atoms with Crippen LogP contribution in [0.25, 0.3) is 11.3 Å². The molecule has 5 nitrogen and oxygen atoms in total. The van der Waals surface area contributed by atoms with Crippen LogP contribution in [0.5, 0.6) is 0 Å². The number of nitrogens with one attached hydrogen (secondary N) is 1. The quantitative estimate of drug-likeness (QED) is 0.682. The van der Waals surface area contributed by atoms with Crippen LogP contribution in [-0.4, -0.2) is 16.6 Å². The van der Waals surface area contributed by atoms with E-state index in [4.69, 9.17) is 8.83 Å². The van der Waals surface area contributed by atoms with E-state index in [1.807, 2.05) is 6.92 Å². The van der Waals surface area contributed by atoms with E-state index in [0.717, 1.165) is 5.56 Å². The van der Waals surface area contributed by atoms with E-state index < -0.39 is 0 Å². The van der Waals surface area contributed by atoms with Crippen molar-refractivity contribution in [3.63, 3.8) is 0 Å². The third-order valence-electron chi connectivity index (χ3n) is 3.29. The van der Waals surface area contributed by atoms with Crippen LogP contribution in [0.4, 0.5) is 4.39 Å². The zero-order valence-corrected chi connectivity index (χ0v) is 13.7. The van der Waals surface area contributed by atoms with Gasteiger partial charge in [-0.1, -0.05) is 11.8 Å². The molecule has 0 aliphatic heterocycles. The first-order chi connectivity index (χ1) is 11.6. The van der Waals surface area contributed by atoms with E-state index in [-0.39, 0.29) is 23.5 Å². The Kier molecular flexibility index (Phi) is 5.00. The number of rotatable bonds is 6. The molecule has 7 heteroatoms. The molecule has 24 heavy (non-hydrogen) atoms. The van der Waals surface area contributed by atoms with Crippen molar-refractivity contribution in [2.24, 2.45) is 0 Å². The monoisotopic (exact) mass is 346 g/mol. The standard InChI is InChI=1S/C17H15FN2O3S/c1-11(14-3-2-8-22-14)20-16(21)10-24-17-19-9-15(23-17)12-4-6-13(18)7-5-12/h2-9,11H,10H2,1H3,(H,20,21)/t11-/m0/s1.